The zero-order valence-corrected chi connectivity index (χ0v) is 9.08. The molecule has 1 heterocycles. The summed E-state index contributed by atoms with van der Waals surface area (Å²) in [5, 5.41) is 10.3. The van der Waals surface area contributed by atoms with Crippen molar-refractivity contribution in [2.24, 2.45) is 0 Å². The number of hydrogen-bond acceptors (Lipinski definition) is 4. The van der Waals surface area contributed by atoms with Crippen LogP contribution in [0.1, 0.15) is 10.4 Å². The number of aromatic carboxylic acids is 1. The number of amides is 1. The third kappa shape index (κ3) is 2.54. The highest BCUT2D eigenvalue weighted by Gasteiger charge is 2.39. The molecule has 2 N–H and O–H groups in total. The van der Waals surface area contributed by atoms with Gasteiger partial charge in [0.2, 0.25) is 6.79 Å². The molecule has 6 nitrogen and oxygen atoms in total. The Labute approximate surface area is 103 Å². The Balaban J connectivity index is 2.39. The van der Waals surface area contributed by atoms with Crippen LogP contribution in [0.15, 0.2) is 12.1 Å². The number of alkyl halides is 3. The molecule has 0 radical (unpaired) electrons. The van der Waals surface area contributed by atoms with Crippen LogP contribution in [0.3, 0.4) is 0 Å². The van der Waals surface area contributed by atoms with E-state index in [0.717, 1.165) is 12.1 Å². The second-order valence-electron chi connectivity index (χ2n) is 3.51. The van der Waals surface area contributed by atoms with Crippen LogP contribution in [0.5, 0.6) is 11.5 Å². The Morgan fingerprint density at radius 1 is 1.26 bits per heavy atom. The van der Waals surface area contributed by atoms with E-state index in [9.17, 15) is 22.8 Å². The molecule has 0 spiro atoms. The number of hydrogen-bond donors (Lipinski definition) is 2. The molecule has 0 unspecified atom stereocenters. The summed E-state index contributed by atoms with van der Waals surface area (Å²) < 4.78 is 46.2. The maximum atomic E-state index is 12.1. The lowest BCUT2D eigenvalue weighted by Gasteiger charge is -2.10. The molecule has 0 atom stereocenters. The predicted molar refractivity (Wildman–Crippen MR) is 54.2 cm³/mol. The van der Waals surface area contributed by atoms with Gasteiger partial charge in [-0.15, -0.1) is 0 Å². The maximum Gasteiger partial charge on any atom is 0.471 e. The summed E-state index contributed by atoms with van der Waals surface area (Å²) in [6.07, 6.45) is -5.09. The van der Waals surface area contributed by atoms with Crippen LogP contribution in [-0.2, 0) is 4.79 Å². The maximum absolute atomic E-state index is 12.1. The van der Waals surface area contributed by atoms with Gasteiger partial charge in [0, 0.05) is 0 Å². The molecule has 2 rings (SSSR count). The number of ether oxygens (including phenoxy) is 2. The lowest BCUT2D eigenvalue weighted by Crippen LogP contribution is -2.30. The fourth-order valence-electron chi connectivity index (χ4n) is 1.42. The van der Waals surface area contributed by atoms with Crippen molar-refractivity contribution in [3.63, 3.8) is 0 Å². The van der Waals surface area contributed by atoms with Gasteiger partial charge in [0.25, 0.3) is 0 Å². The van der Waals surface area contributed by atoms with Crippen molar-refractivity contribution < 1.29 is 37.3 Å². The molecule has 1 amide bonds. The summed E-state index contributed by atoms with van der Waals surface area (Å²) >= 11 is 0. The smallest absolute Gasteiger partial charge is 0.471 e. The Morgan fingerprint density at radius 3 is 2.53 bits per heavy atom. The largest absolute Gasteiger partial charge is 0.478 e. The minimum Gasteiger partial charge on any atom is -0.478 e. The number of halogens is 3. The van der Waals surface area contributed by atoms with Gasteiger partial charge in [-0.2, -0.15) is 13.2 Å². The molecule has 0 saturated carbocycles. The van der Waals surface area contributed by atoms with E-state index >= 15 is 0 Å². The number of fused-ring (bicyclic) bond motifs is 1. The first-order valence-corrected chi connectivity index (χ1v) is 4.84. The van der Waals surface area contributed by atoms with E-state index in [4.69, 9.17) is 14.6 Å². The Bertz CT molecular complexity index is 555. The van der Waals surface area contributed by atoms with Crippen molar-refractivity contribution in [2.75, 3.05) is 12.1 Å². The van der Waals surface area contributed by atoms with Crippen LogP contribution in [-0.4, -0.2) is 30.0 Å². The zero-order chi connectivity index (χ0) is 14.2. The van der Waals surface area contributed by atoms with E-state index in [1.54, 1.807) is 5.32 Å². The number of carboxylic acid groups (broad SMARTS) is 1. The highest BCUT2D eigenvalue weighted by Crippen LogP contribution is 2.40. The van der Waals surface area contributed by atoms with Gasteiger partial charge in [-0.25, -0.2) is 4.79 Å². The number of benzene rings is 1. The van der Waals surface area contributed by atoms with Crippen LogP contribution < -0.4 is 14.8 Å². The average molecular weight is 277 g/mol. The number of carbonyl (C=O) groups excluding carboxylic acids is 1. The average Bonchev–Trinajstić information content (AvgIpc) is 2.75. The Kier molecular flexibility index (Phi) is 2.97. The van der Waals surface area contributed by atoms with E-state index in [0.29, 0.717) is 0 Å². The van der Waals surface area contributed by atoms with Crippen molar-refractivity contribution in [3.05, 3.63) is 17.7 Å². The molecule has 1 aromatic rings. The van der Waals surface area contributed by atoms with Crippen LogP contribution >= 0.6 is 0 Å². The normalized spacial score (nSPS) is 13.2. The fraction of sp³-hybridized carbons (Fsp3) is 0.200. The molecule has 0 aromatic heterocycles. The van der Waals surface area contributed by atoms with Crippen LogP contribution in [0, 0.1) is 0 Å². The lowest BCUT2D eigenvalue weighted by molar-refractivity contribution is -0.167. The third-order valence-electron chi connectivity index (χ3n) is 2.23. The number of carbonyl (C=O) groups is 2. The number of carboxylic acids is 1. The standard InChI is InChI=1S/C10H6F3NO5/c11-10(12,13)9(17)14-5-1-4(8(15)16)2-6-7(5)19-3-18-6/h1-2H,3H2,(H,14,17)(H,15,16). The minimum atomic E-state index is -5.09. The molecule has 102 valence electrons. The number of anilines is 1. The van der Waals surface area contributed by atoms with Gasteiger partial charge >= 0.3 is 18.1 Å². The Hall–Kier alpha value is -2.45. The van der Waals surface area contributed by atoms with E-state index in [1.807, 2.05) is 0 Å². The van der Waals surface area contributed by atoms with Crippen LogP contribution in [0.4, 0.5) is 18.9 Å². The third-order valence-corrected chi connectivity index (χ3v) is 2.23. The highest BCUT2D eigenvalue weighted by atomic mass is 19.4. The molecule has 0 aliphatic carbocycles. The van der Waals surface area contributed by atoms with Crippen LogP contribution in [0.25, 0.3) is 0 Å². The molecule has 19 heavy (non-hydrogen) atoms. The minimum absolute atomic E-state index is 0.0441. The molecule has 1 aliphatic rings. The van der Waals surface area contributed by atoms with E-state index in [-0.39, 0.29) is 23.9 Å². The molecule has 1 aliphatic heterocycles. The SMILES string of the molecule is O=C(O)c1cc(NC(=O)C(F)(F)F)c2c(c1)OCO2. The van der Waals surface area contributed by atoms with Crippen LogP contribution in [0.2, 0.25) is 0 Å². The summed E-state index contributed by atoms with van der Waals surface area (Å²) in [5.74, 6) is -3.78. The highest BCUT2D eigenvalue weighted by molar-refractivity contribution is 5.99. The fourth-order valence-corrected chi connectivity index (χ4v) is 1.42. The van der Waals surface area contributed by atoms with Gasteiger partial charge in [-0.05, 0) is 12.1 Å². The van der Waals surface area contributed by atoms with Gasteiger partial charge in [0.15, 0.2) is 11.5 Å². The molecule has 9 heteroatoms. The zero-order valence-electron chi connectivity index (χ0n) is 9.08. The monoisotopic (exact) mass is 277 g/mol. The van der Waals surface area contributed by atoms with Crippen molar-refractivity contribution in [2.45, 2.75) is 6.18 Å². The molecule has 0 fully saturated rings. The summed E-state index contributed by atoms with van der Waals surface area (Å²) in [5.41, 5.74) is -0.739. The van der Waals surface area contributed by atoms with E-state index in [1.165, 1.54) is 0 Å². The van der Waals surface area contributed by atoms with Crippen molar-refractivity contribution in [3.8, 4) is 11.5 Å². The lowest BCUT2D eigenvalue weighted by atomic mass is 10.1. The second-order valence-corrected chi connectivity index (χ2v) is 3.51. The van der Waals surface area contributed by atoms with Crippen molar-refractivity contribution in [1.29, 1.82) is 0 Å². The summed E-state index contributed by atoms with van der Waals surface area (Å²) in [7, 11) is 0. The summed E-state index contributed by atoms with van der Waals surface area (Å²) in [6, 6.07) is 1.95. The molecule has 1 aromatic carbocycles. The van der Waals surface area contributed by atoms with Crippen molar-refractivity contribution >= 4 is 17.6 Å². The number of nitrogens with one attached hydrogen (secondary N) is 1. The summed E-state index contributed by atoms with van der Waals surface area (Å²) in [6.45, 7) is -0.271. The van der Waals surface area contributed by atoms with Gasteiger partial charge < -0.3 is 19.9 Å². The van der Waals surface area contributed by atoms with E-state index in [2.05, 4.69) is 0 Å². The van der Waals surface area contributed by atoms with E-state index < -0.39 is 23.7 Å². The first-order valence-electron chi connectivity index (χ1n) is 4.84. The van der Waals surface area contributed by atoms with Gasteiger partial charge in [-0.3, -0.25) is 4.79 Å². The molecular weight excluding hydrogens is 271 g/mol. The molecule has 0 saturated heterocycles. The Morgan fingerprint density at radius 2 is 1.95 bits per heavy atom. The van der Waals surface area contributed by atoms with Gasteiger partial charge in [0.05, 0.1) is 11.3 Å². The predicted octanol–water partition coefficient (Wildman–Crippen LogP) is 1.61. The topological polar surface area (TPSA) is 84.9 Å². The second kappa shape index (κ2) is 4.34. The quantitative estimate of drug-likeness (QED) is 0.857. The van der Waals surface area contributed by atoms with Crippen molar-refractivity contribution in [1.82, 2.24) is 0 Å². The van der Waals surface area contributed by atoms with Gasteiger partial charge in [0.1, 0.15) is 0 Å². The number of rotatable bonds is 2. The van der Waals surface area contributed by atoms with Gasteiger partial charge in [-0.1, -0.05) is 0 Å². The first kappa shape index (κ1) is 13.0. The summed E-state index contributed by atoms with van der Waals surface area (Å²) in [4.78, 5) is 21.6. The molecule has 0 bridgehead atoms. The molecular formula is C10H6F3NO5. The first-order chi connectivity index (χ1) is 8.79.